The molecule has 0 aliphatic carbocycles. The molecule has 1 aromatic heterocycles. The second-order valence-electron chi connectivity index (χ2n) is 8.46. The molecule has 0 radical (unpaired) electrons. The number of hydrogen-bond donors (Lipinski definition) is 2. The molecule has 0 bridgehead atoms. The van der Waals surface area contributed by atoms with Gasteiger partial charge < -0.3 is 20.4 Å². The number of nitrogens with one attached hydrogen (secondary N) is 2. The molecule has 2 N–H and O–H groups in total. The number of pyridine rings is 1. The zero-order chi connectivity index (χ0) is 22.2. The van der Waals surface area contributed by atoms with Crippen LogP contribution in [0.15, 0.2) is 41.5 Å². The van der Waals surface area contributed by atoms with Crippen LogP contribution in [0.5, 0.6) is 0 Å². The Morgan fingerprint density at radius 2 is 2.00 bits per heavy atom. The van der Waals surface area contributed by atoms with Crippen molar-refractivity contribution in [3.05, 3.63) is 59.0 Å². The minimum Gasteiger partial charge on any atom is -0.357 e. The highest BCUT2D eigenvalue weighted by molar-refractivity contribution is 5.80. The van der Waals surface area contributed by atoms with E-state index in [0.717, 1.165) is 49.8 Å². The number of anilines is 1. The minimum atomic E-state index is -0.165. The van der Waals surface area contributed by atoms with Crippen molar-refractivity contribution in [3.63, 3.8) is 0 Å². The number of aromatic nitrogens is 1. The lowest BCUT2D eigenvalue weighted by Gasteiger charge is -2.33. The first kappa shape index (κ1) is 23.0. The fourth-order valence-corrected chi connectivity index (χ4v) is 3.77. The predicted octanol–water partition coefficient (Wildman–Crippen LogP) is 3.31. The average molecular weight is 427 g/mol. The average Bonchev–Trinajstić information content (AvgIpc) is 2.75. The summed E-state index contributed by atoms with van der Waals surface area (Å²) in [5.41, 5.74) is 2.89. The molecule has 0 saturated carbocycles. The number of halogens is 1. The lowest BCUT2D eigenvalue weighted by atomic mass is 10.1. The molecule has 6 nitrogen and oxygen atoms in total. The van der Waals surface area contributed by atoms with E-state index in [4.69, 9.17) is 4.99 Å². The molecule has 3 rings (SSSR count). The van der Waals surface area contributed by atoms with Gasteiger partial charge in [-0.05, 0) is 70.1 Å². The molecule has 1 aromatic carbocycles. The molecule has 31 heavy (non-hydrogen) atoms. The van der Waals surface area contributed by atoms with Gasteiger partial charge >= 0.3 is 0 Å². The maximum absolute atomic E-state index is 14.0. The van der Waals surface area contributed by atoms with Gasteiger partial charge in [0.15, 0.2) is 5.96 Å². The summed E-state index contributed by atoms with van der Waals surface area (Å²) >= 11 is 0. The van der Waals surface area contributed by atoms with Gasteiger partial charge in [0.25, 0.3) is 0 Å². The van der Waals surface area contributed by atoms with Gasteiger partial charge in [-0.3, -0.25) is 0 Å². The molecule has 1 fully saturated rings. The first-order chi connectivity index (χ1) is 14.9. The topological polar surface area (TPSA) is 55.8 Å². The number of rotatable bonds is 7. The summed E-state index contributed by atoms with van der Waals surface area (Å²) in [7, 11) is 3.88. The Bertz CT molecular complexity index is 857. The van der Waals surface area contributed by atoms with Crippen LogP contribution < -0.4 is 15.5 Å². The highest BCUT2D eigenvalue weighted by atomic mass is 19.1. The number of aryl methyl sites for hydroxylation is 1. The number of piperidine rings is 1. The number of hydrogen-bond acceptors (Lipinski definition) is 4. The molecular formula is C24H35FN6. The van der Waals surface area contributed by atoms with Gasteiger partial charge in [-0.1, -0.05) is 12.1 Å². The van der Waals surface area contributed by atoms with Crippen LogP contribution in [0.4, 0.5) is 10.2 Å². The lowest BCUT2D eigenvalue weighted by molar-refractivity contribution is 0.392. The largest absolute Gasteiger partial charge is 0.357 e. The second kappa shape index (κ2) is 11.1. The van der Waals surface area contributed by atoms with Crippen molar-refractivity contribution in [2.75, 3.05) is 38.6 Å². The van der Waals surface area contributed by atoms with E-state index >= 15 is 0 Å². The maximum Gasteiger partial charge on any atom is 0.191 e. The smallest absolute Gasteiger partial charge is 0.191 e. The molecule has 0 atom stereocenters. The molecule has 0 amide bonds. The van der Waals surface area contributed by atoms with E-state index in [0.29, 0.717) is 24.7 Å². The molecule has 0 spiro atoms. The van der Waals surface area contributed by atoms with Gasteiger partial charge in [0.1, 0.15) is 11.6 Å². The van der Waals surface area contributed by atoms with Crippen molar-refractivity contribution in [2.24, 2.45) is 4.99 Å². The standard InChI is InChI=1S/C24H35FN6/c1-5-26-24(28-16-19-7-8-22(25)20(14-19)17-30(3)4)29-21-10-12-31(13-11-21)23-9-6-18(2)15-27-23/h6-9,14-15,21H,5,10-13,16-17H2,1-4H3,(H2,26,28,29). The van der Waals surface area contributed by atoms with E-state index in [1.165, 1.54) is 5.56 Å². The third-order valence-electron chi connectivity index (χ3n) is 5.42. The Morgan fingerprint density at radius 1 is 1.23 bits per heavy atom. The number of benzene rings is 1. The second-order valence-corrected chi connectivity index (χ2v) is 8.46. The van der Waals surface area contributed by atoms with Gasteiger partial charge in [-0.15, -0.1) is 0 Å². The fourth-order valence-electron chi connectivity index (χ4n) is 3.77. The van der Waals surface area contributed by atoms with Crippen LogP contribution >= 0.6 is 0 Å². The Hall–Kier alpha value is -2.67. The summed E-state index contributed by atoms with van der Waals surface area (Å²) < 4.78 is 14.0. The van der Waals surface area contributed by atoms with Crippen LogP contribution in [0.2, 0.25) is 0 Å². The molecule has 2 heterocycles. The van der Waals surface area contributed by atoms with Gasteiger partial charge in [-0.2, -0.15) is 0 Å². The van der Waals surface area contributed by atoms with Crippen molar-refractivity contribution in [2.45, 2.75) is 45.8 Å². The molecule has 1 aliphatic rings. The van der Waals surface area contributed by atoms with Gasteiger partial charge in [0, 0.05) is 44.0 Å². The predicted molar refractivity (Wildman–Crippen MR) is 126 cm³/mol. The highest BCUT2D eigenvalue weighted by Gasteiger charge is 2.20. The Labute approximate surface area is 185 Å². The fraction of sp³-hybridized carbons (Fsp3) is 0.500. The van der Waals surface area contributed by atoms with Crippen molar-refractivity contribution < 1.29 is 4.39 Å². The Balaban J connectivity index is 1.57. The van der Waals surface area contributed by atoms with E-state index in [1.54, 1.807) is 6.07 Å². The van der Waals surface area contributed by atoms with Crippen LogP contribution in [0, 0.1) is 12.7 Å². The van der Waals surface area contributed by atoms with Crippen molar-refractivity contribution in [1.29, 1.82) is 0 Å². The van der Waals surface area contributed by atoms with Crippen LogP contribution in [-0.2, 0) is 13.1 Å². The van der Waals surface area contributed by atoms with Gasteiger partial charge in [-0.25, -0.2) is 14.4 Å². The zero-order valence-electron chi connectivity index (χ0n) is 19.2. The minimum absolute atomic E-state index is 0.165. The number of aliphatic imine (C=N–C) groups is 1. The first-order valence-corrected chi connectivity index (χ1v) is 11.1. The zero-order valence-corrected chi connectivity index (χ0v) is 19.2. The van der Waals surface area contributed by atoms with E-state index in [-0.39, 0.29) is 5.82 Å². The van der Waals surface area contributed by atoms with Crippen molar-refractivity contribution in [3.8, 4) is 0 Å². The monoisotopic (exact) mass is 426 g/mol. The molecule has 1 aliphatic heterocycles. The first-order valence-electron chi connectivity index (χ1n) is 11.1. The molecule has 1 saturated heterocycles. The van der Waals surface area contributed by atoms with Gasteiger partial charge in [0.05, 0.1) is 6.54 Å². The molecule has 2 aromatic rings. The van der Waals surface area contributed by atoms with Gasteiger partial charge in [0.2, 0.25) is 0 Å². The SMILES string of the molecule is CCNC(=NCc1ccc(F)c(CN(C)C)c1)NC1CCN(c2ccc(C)cn2)CC1. The number of nitrogens with zero attached hydrogens (tertiary/aromatic N) is 4. The van der Waals surface area contributed by atoms with Crippen molar-refractivity contribution in [1.82, 2.24) is 20.5 Å². The molecule has 7 heteroatoms. The van der Waals surface area contributed by atoms with Crippen LogP contribution in [-0.4, -0.2) is 55.6 Å². The van der Waals surface area contributed by atoms with E-state index in [2.05, 4.69) is 46.5 Å². The summed E-state index contributed by atoms with van der Waals surface area (Å²) in [5.74, 6) is 1.70. The summed E-state index contributed by atoms with van der Waals surface area (Å²) in [6.07, 6.45) is 3.99. The van der Waals surface area contributed by atoms with E-state index in [1.807, 2.05) is 37.3 Å². The van der Waals surface area contributed by atoms with E-state index < -0.39 is 0 Å². The maximum atomic E-state index is 14.0. The number of guanidine groups is 1. The van der Waals surface area contributed by atoms with Crippen LogP contribution in [0.3, 0.4) is 0 Å². The summed E-state index contributed by atoms with van der Waals surface area (Å²) in [5, 5.41) is 6.91. The van der Waals surface area contributed by atoms with E-state index in [9.17, 15) is 4.39 Å². The van der Waals surface area contributed by atoms with Crippen molar-refractivity contribution >= 4 is 11.8 Å². The Morgan fingerprint density at radius 3 is 2.65 bits per heavy atom. The Kier molecular flexibility index (Phi) is 8.23. The summed E-state index contributed by atoms with van der Waals surface area (Å²) in [6.45, 7) is 7.96. The van der Waals surface area contributed by atoms with Crippen LogP contribution in [0.25, 0.3) is 0 Å². The normalized spacial score (nSPS) is 15.4. The highest BCUT2D eigenvalue weighted by Crippen LogP contribution is 2.18. The van der Waals surface area contributed by atoms with Crippen LogP contribution in [0.1, 0.15) is 36.5 Å². The quantitative estimate of drug-likeness (QED) is 0.526. The molecule has 0 unspecified atom stereocenters. The molecular weight excluding hydrogens is 391 g/mol. The summed E-state index contributed by atoms with van der Waals surface area (Å²) in [6, 6.07) is 9.85. The third kappa shape index (κ3) is 6.92. The molecule has 168 valence electrons. The summed E-state index contributed by atoms with van der Waals surface area (Å²) in [4.78, 5) is 13.6. The third-order valence-corrected chi connectivity index (χ3v) is 5.42. The lowest BCUT2D eigenvalue weighted by Crippen LogP contribution is -2.48.